The first-order chi connectivity index (χ1) is 34.5. The summed E-state index contributed by atoms with van der Waals surface area (Å²) < 4.78 is 14.4. The maximum Gasteiger partial charge on any atom is 0.128 e. The van der Waals surface area contributed by atoms with Gasteiger partial charge >= 0.3 is 0 Å². The summed E-state index contributed by atoms with van der Waals surface area (Å²) in [6, 6.07) is 66.9. The molecule has 4 nitrogen and oxygen atoms in total. The lowest BCUT2D eigenvalue weighted by molar-refractivity contribution is 0.235. The zero-order chi connectivity index (χ0) is 50.4. The molecule has 0 heterocycles. The third-order valence-corrected chi connectivity index (χ3v) is 15.8. The van der Waals surface area contributed by atoms with E-state index < -0.39 is 10.8 Å². The van der Waals surface area contributed by atoms with Crippen molar-refractivity contribution in [2.45, 2.75) is 103 Å². The van der Waals surface area contributed by atoms with E-state index in [0.717, 1.165) is 48.8 Å². The summed E-state index contributed by atoms with van der Waals surface area (Å²) in [6.45, 7) is 23.0. The molecule has 0 N–H and O–H groups in total. The van der Waals surface area contributed by atoms with E-state index in [2.05, 4.69) is 261 Å². The van der Waals surface area contributed by atoms with Crippen LogP contribution in [0.15, 0.2) is 182 Å². The molecule has 0 fully saturated rings. The molecule has 0 aromatic heterocycles. The molecule has 0 bridgehead atoms. The Morgan fingerprint density at radius 3 is 0.972 bits per heavy atom. The minimum Gasteiger partial charge on any atom is -0.488 e. The van der Waals surface area contributed by atoms with Crippen LogP contribution in [0.2, 0.25) is 0 Å². The quantitative estimate of drug-likeness (QED) is 0.102. The van der Waals surface area contributed by atoms with Gasteiger partial charge in [-0.1, -0.05) is 224 Å². The summed E-state index contributed by atoms with van der Waals surface area (Å²) in [5.74, 6) is 1.97. The Labute approximate surface area is 430 Å². The molecule has 0 radical (unpaired) electrons. The largest absolute Gasteiger partial charge is 0.488 e. The highest BCUT2D eigenvalue weighted by atomic mass is 16.5. The van der Waals surface area contributed by atoms with Crippen molar-refractivity contribution in [2.24, 2.45) is 0 Å². The third-order valence-electron chi connectivity index (χ3n) is 15.8. The summed E-state index contributed by atoms with van der Waals surface area (Å²) >= 11 is 0. The Bertz CT molecular complexity index is 2920. The van der Waals surface area contributed by atoms with Crippen molar-refractivity contribution < 1.29 is 9.47 Å². The van der Waals surface area contributed by atoms with Crippen LogP contribution in [0.25, 0.3) is 22.3 Å². The molecular weight excluding hydrogens is 877 g/mol. The number of rotatable bonds is 15. The zero-order valence-corrected chi connectivity index (χ0v) is 44.3. The predicted molar refractivity (Wildman–Crippen MR) is 299 cm³/mol. The van der Waals surface area contributed by atoms with E-state index in [1.165, 1.54) is 77.9 Å². The fourth-order valence-electron chi connectivity index (χ4n) is 11.6. The monoisotopic (exact) mass is 949 g/mol. The van der Waals surface area contributed by atoms with E-state index in [1.807, 2.05) is 0 Å². The van der Waals surface area contributed by atoms with Crippen molar-refractivity contribution in [3.05, 3.63) is 249 Å². The summed E-state index contributed by atoms with van der Waals surface area (Å²) in [5, 5.41) is 0. The second kappa shape index (κ2) is 19.4. The second-order valence-corrected chi connectivity index (χ2v) is 23.0. The van der Waals surface area contributed by atoms with Crippen molar-refractivity contribution >= 4 is 0 Å². The summed E-state index contributed by atoms with van der Waals surface area (Å²) in [7, 11) is 4.53. The first kappa shape index (κ1) is 48.9. The number of ether oxygens (including phenoxy) is 2. The van der Waals surface area contributed by atoms with Crippen LogP contribution in [0.5, 0.6) is 11.5 Å². The highest BCUT2D eigenvalue weighted by Crippen LogP contribution is 2.57. The van der Waals surface area contributed by atoms with Gasteiger partial charge in [0.25, 0.3) is 0 Å². The Kier molecular flexibility index (Phi) is 13.2. The molecule has 0 saturated carbocycles. The fraction of sp³-hybridized carbons (Fsp3) is 0.294. The minimum absolute atomic E-state index is 0.0886. The molecule has 0 unspecified atom stereocenters. The molecule has 8 aromatic rings. The van der Waals surface area contributed by atoms with Crippen molar-refractivity contribution in [3.8, 4) is 33.8 Å². The zero-order valence-electron chi connectivity index (χ0n) is 44.3. The van der Waals surface area contributed by atoms with Gasteiger partial charge in [0.1, 0.15) is 24.7 Å². The van der Waals surface area contributed by atoms with Gasteiger partial charge in [-0.05, 0) is 106 Å². The van der Waals surface area contributed by atoms with Crippen LogP contribution in [0.3, 0.4) is 0 Å². The van der Waals surface area contributed by atoms with Crippen LogP contribution < -0.4 is 9.47 Å². The topological polar surface area (TPSA) is 24.9 Å². The van der Waals surface area contributed by atoms with Crippen molar-refractivity contribution in [2.75, 3.05) is 27.2 Å². The van der Waals surface area contributed by atoms with E-state index in [1.54, 1.807) is 0 Å². The molecule has 10 rings (SSSR count). The average Bonchev–Trinajstić information content (AvgIpc) is 3.80. The van der Waals surface area contributed by atoms with Crippen LogP contribution in [-0.2, 0) is 48.0 Å². The van der Waals surface area contributed by atoms with E-state index in [9.17, 15) is 0 Å². The van der Waals surface area contributed by atoms with Crippen molar-refractivity contribution in [1.82, 2.24) is 9.80 Å². The van der Waals surface area contributed by atoms with Gasteiger partial charge in [0.05, 0.1) is 0 Å². The highest BCUT2D eigenvalue weighted by Gasteiger charge is 2.45. The molecule has 2 aliphatic carbocycles. The Morgan fingerprint density at radius 2 is 0.667 bits per heavy atom. The van der Waals surface area contributed by atoms with Gasteiger partial charge in [-0.2, -0.15) is 0 Å². The van der Waals surface area contributed by atoms with Crippen LogP contribution >= 0.6 is 0 Å². The molecule has 366 valence electrons. The number of nitrogens with zero attached hydrogens (tertiary/aromatic N) is 2. The average molecular weight is 949 g/mol. The van der Waals surface area contributed by atoms with Gasteiger partial charge < -0.3 is 19.3 Å². The standard InChI is InChI=1S/C68H72N2O2/c1-65(2,3)51-39-49(63(71-45-47-25-13-11-14-26-47)61(41-51)67(7)57-33-21-17-29-53(57)54-30-18-22-34-58(54)67)43-69(9)37-38-70(10)44-50-40-52(66(4,5)6)42-62(64(50)72-46-48-27-15-12-16-28-48)68(8)59-35-23-19-31-55(59)56-32-20-24-36-60(56)68/h11-36,39-42H,37-38,43-46H2,1-10H3. The number of likely N-dealkylation sites (N-methyl/N-ethyl adjacent to an activating group) is 2. The summed E-state index contributed by atoms with van der Waals surface area (Å²) in [4.78, 5) is 4.96. The Hall–Kier alpha value is -6.72. The second-order valence-electron chi connectivity index (χ2n) is 23.0. The van der Waals surface area contributed by atoms with Gasteiger partial charge in [0.2, 0.25) is 0 Å². The lowest BCUT2D eigenvalue weighted by atomic mass is 9.71. The Morgan fingerprint density at radius 1 is 0.375 bits per heavy atom. The predicted octanol–water partition coefficient (Wildman–Crippen LogP) is 15.7. The van der Waals surface area contributed by atoms with Gasteiger partial charge in [-0.15, -0.1) is 0 Å². The summed E-state index contributed by atoms with van der Waals surface area (Å²) in [5.41, 5.74) is 19.3. The number of hydrogen-bond donors (Lipinski definition) is 0. The van der Waals surface area contributed by atoms with Crippen molar-refractivity contribution in [3.63, 3.8) is 0 Å². The lowest BCUT2D eigenvalue weighted by Gasteiger charge is -2.34. The minimum atomic E-state index is -0.422. The molecule has 0 aliphatic heterocycles. The smallest absolute Gasteiger partial charge is 0.128 e. The molecule has 0 spiro atoms. The van der Waals surface area contributed by atoms with E-state index in [0.29, 0.717) is 13.2 Å². The molecule has 2 aliphatic rings. The number of fused-ring (bicyclic) bond motifs is 6. The lowest BCUT2D eigenvalue weighted by Crippen LogP contribution is -2.32. The molecular formula is C68H72N2O2. The van der Waals surface area contributed by atoms with Gasteiger partial charge in [0, 0.05) is 59.3 Å². The van der Waals surface area contributed by atoms with Crippen molar-refractivity contribution in [1.29, 1.82) is 0 Å². The van der Waals surface area contributed by atoms with Gasteiger partial charge in [0.15, 0.2) is 0 Å². The molecule has 8 aromatic carbocycles. The Balaban J connectivity index is 1.01. The molecule has 72 heavy (non-hydrogen) atoms. The van der Waals surface area contributed by atoms with Gasteiger partial charge in [-0.3, -0.25) is 0 Å². The maximum absolute atomic E-state index is 7.20. The highest BCUT2D eigenvalue weighted by molar-refractivity contribution is 5.85. The van der Waals surface area contributed by atoms with Crippen LogP contribution in [0.1, 0.15) is 122 Å². The normalized spacial score (nSPS) is 14.2. The maximum atomic E-state index is 7.20. The fourth-order valence-corrected chi connectivity index (χ4v) is 11.6. The summed E-state index contributed by atoms with van der Waals surface area (Å²) in [6.07, 6.45) is 0. The first-order valence-corrected chi connectivity index (χ1v) is 26.0. The number of benzene rings is 8. The van der Waals surface area contributed by atoms with Crippen LogP contribution in [0, 0.1) is 0 Å². The van der Waals surface area contributed by atoms with Gasteiger partial charge in [-0.25, -0.2) is 0 Å². The van der Waals surface area contributed by atoms with E-state index in [4.69, 9.17) is 9.47 Å². The molecule has 4 heteroatoms. The van der Waals surface area contributed by atoms with Crippen LogP contribution in [0.4, 0.5) is 0 Å². The number of hydrogen-bond acceptors (Lipinski definition) is 4. The van der Waals surface area contributed by atoms with Crippen LogP contribution in [-0.4, -0.2) is 37.0 Å². The molecule has 0 amide bonds. The molecule has 0 atom stereocenters. The SMILES string of the molecule is CN(CCN(C)Cc1cc(C(C)(C)C)cc(C2(C)c3ccccc3-c3ccccc32)c1OCc1ccccc1)Cc1cc(C(C)(C)C)cc(C2(C)c3ccccc3-c3ccccc32)c1OCc1ccccc1. The van der Waals surface area contributed by atoms with E-state index >= 15 is 0 Å². The molecule has 0 saturated heterocycles. The first-order valence-electron chi connectivity index (χ1n) is 26.0. The van der Waals surface area contributed by atoms with E-state index in [-0.39, 0.29) is 10.8 Å². The third kappa shape index (κ3) is 9.09.